The number of likely N-dealkylation sites (tertiary alicyclic amines) is 1. The maximum absolute atomic E-state index is 5.87. The lowest BCUT2D eigenvalue weighted by molar-refractivity contribution is 0.115. The summed E-state index contributed by atoms with van der Waals surface area (Å²) in [5.74, 6) is 1.62. The predicted octanol–water partition coefficient (Wildman–Crippen LogP) is 1.83. The molecule has 2 aliphatic heterocycles. The van der Waals surface area contributed by atoms with E-state index in [1.807, 2.05) is 0 Å². The predicted molar refractivity (Wildman–Crippen MR) is 101 cm³/mol. The lowest BCUT2D eigenvalue weighted by atomic mass is 9.93. The fourth-order valence-electron chi connectivity index (χ4n) is 3.72. The normalized spacial score (nSPS) is 22.6. The molecule has 1 aromatic rings. The highest BCUT2D eigenvalue weighted by atomic mass is 16.5. The molecule has 1 atom stereocenters. The van der Waals surface area contributed by atoms with Crippen molar-refractivity contribution in [3.05, 3.63) is 18.1 Å². The molecule has 0 radical (unpaired) electrons. The van der Waals surface area contributed by atoms with Crippen LogP contribution in [0.1, 0.15) is 37.3 Å². The summed E-state index contributed by atoms with van der Waals surface area (Å²) in [5, 5.41) is 0. The highest BCUT2D eigenvalue weighted by Crippen LogP contribution is 2.28. The highest BCUT2D eigenvalue weighted by Gasteiger charge is 2.23. The SMILES string of the molecule is CN(C)CCN(C[C@H]1CCCO1)c1cc(C2CCN(C)CC2)ncn1. The van der Waals surface area contributed by atoms with E-state index >= 15 is 0 Å². The Hall–Kier alpha value is -1.24. The second-order valence-corrected chi connectivity index (χ2v) is 7.76. The van der Waals surface area contributed by atoms with E-state index in [2.05, 4.69) is 51.9 Å². The number of piperidine rings is 1. The molecule has 2 saturated heterocycles. The third kappa shape index (κ3) is 5.36. The van der Waals surface area contributed by atoms with Crippen LogP contribution in [0.4, 0.5) is 5.82 Å². The van der Waals surface area contributed by atoms with Crippen LogP contribution in [0.5, 0.6) is 0 Å². The molecule has 3 rings (SSSR count). The zero-order valence-corrected chi connectivity index (χ0v) is 16.0. The van der Waals surface area contributed by atoms with Gasteiger partial charge in [-0.1, -0.05) is 0 Å². The van der Waals surface area contributed by atoms with Crippen LogP contribution in [-0.4, -0.2) is 86.3 Å². The van der Waals surface area contributed by atoms with Crippen LogP contribution in [-0.2, 0) is 4.74 Å². The molecule has 0 bridgehead atoms. The van der Waals surface area contributed by atoms with E-state index in [1.54, 1.807) is 6.33 Å². The van der Waals surface area contributed by atoms with Crippen LogP contribution in [0.2, 0.25) is 0 Å². The lowest BCUT2D eigenvalue weighted by Crippen LogP contribution is -2.38. The van der Waals surface area contributed by atoms with E-state index in [0.29, 0.717) is 12.0 Å². The molecule has 2 aliphatic rings. The standard InChI is InChI=1S/C19H33N5O/c1-22(2)10-11-24(14-17-5-4-12-25-17)19-13-18(20-15-21-19)16-6-8-23(3)9-7-16/h13,15-17H,4-12,14H2,1-3H3/t17-/m1/s1. The number of hydrogen-bond acceptors (Lipinski definition) is 6. The molecule has 0 saturated carbocycles. The van der Waals surface area contributed by atoms with Gasteiger partial charge in [-0.3, -0.25) is 0 Å². The van der Waals surface area contributed by atoms with Crippen molar-refractivity contribution >= 4 is 5.82 Å². The average Bonchev–Trinajstić information content (AvgIpc) is 3.12. The number of anilines is 1. The number of hydrogen-bond donors (Lipinski definition) is 0. The quantitative estimate of drug-likeness (QED) is 0.750. The van der Waals surface area contributed by atoms with Gasteiger partial charge in [0.1, 0.15) is 12.1 Å². The van der Waals surface area contributed by atoms with Crippen molar-refractivity contribution < 1.29 is 4.74 Å². The Balaban J connectivity index is 1.71. The molecule has 0 amide bonds. The summed E-state index contributed by atoms with van der Waals surface area (Å²) in [6, 6.07) is 2.22. The van der Waals surface area contributed by atoms with Crippen molar-refractivity contribution in [1.82, 2.24) is 19.8 Å². The van der Waals surface area contributed by atoms with Crippen LogP contribution in [0.15, 0.2) is 12.4 Å². The Labute approximate surface area is 152 Å². The molecule has 2 fully saturated rings. The van der Waals surface area contributed by atoms with Crippen LogP contribution in [0.3, 0.4) is 0 Å². The zero-order chi connectivity index (χ0) is 17.6. The van der Waals surface area contributed by atoms with E-state index in [4.69, 9.17) is 4.74 Å². The van der Waals surface area contributed by atoms with Gasteiger partial charge in [0.15, 0.2) is 0 Å². The second-order valence-electron chi connectivity index (χ2n) is 7.76. The van der Waals surface area contributed by atoms with Crippen molar-refractivity contribution in [2.75, 3.05) is 65.4 Å². The lowest BCUT2D eigenvalue weighted by Gasteiger charge is -2.30. The molecule has 0 spiro atoms. The molecule has 0 aliphatic carbocycles. The van der Waals surface area contributed by atoms with Crippen LogP contribution in [0, 0.1) is 0 Å². The third-order valence-electron chi connectivity index (χ3n) is 5.40. The molecule has 25 heavy (non-hydrogen) atoms. The summed E-state index contributed by atoms with van der Waals surface area (Å²) in [7, 11) is 6.44. The number of rotatable bonds is 7. The van der Waals surface area contributed by atoms with Gasteiger partial charge >= 0.3 is 0 Å². The molecule has 6 heteroatoms. The van der Waals surface area contributed by atoms with Gasteiger partial charge in [0, 0.05) is 43.9 Å². The van der Waals surface area contributed by atoms with Gasteiger partial charge in [-0.25, -0.2) is 9.97 Å². The van der Waals surface area contributed by atoms with Gasteiger partial charge in [0.05, 0.1) is 6.10 Å². The van der Waals surface area contributed by atoms with E-state index in [-0.39, 0.29) is 0 Å². The third-order valence-corrected chi connectivity index (χ3v) is 5.40. The topological polar surface area (TPSA) is 44.7 Å². The van der Waals surface area contributed by atoms with E-state index in [9.17, 15) is 0 Å². The fourth-order valence-corrected chi connectivity index (χ4v) is 3.72. The molecular formula is C19H33N5O. The Bertz CT molecular complexity index is 524. The van der Waals surface area contributed by atoms with E-state index in [1.165, 1.54) is 25.0 Å². The average molecular weight is 348 g/mol. The first-order valence-electron chi connectivity index (χ1n) is 9.63. The summed E-state index contributed by atoms with van der Waals surface area (Å²) in [5.41, 5.74) is 1.21. The minimum atomic E-state index is 0.337. The first-order valence-corrected chi connectivity index (χ1v) is 9.63. The van der Waals surface area contributed by atoms with Crippen molar-refractivity contribution in [2.24, 2.45) is 0 Å². The van der Waals surface area contributed by atoms with Crippen molar-refractivity contribution in [2.45, 2.75) is 37.7 Å². The Morgan fingerprint density at radius 3 is 2.64 bits per heavy atom. The summed E-state index contributed by atoms with van der Waals surface area (Å²) in [4.78, 5) is 16.2. The molecule has 3 heterocycles. The first-order chi connectivity index (χ1) is 12.1. The molecular weight excluding hydrogens is 314 g/mol. The number of nitrogens with zero attached hydrogens (tertiary/aromatic N) is 5. The van der Waals surface area contributed by atoms with Gasteiger partial charge in [0.25, 0.3) is 0 Å². The van der Waals surface area contributed by atoms with Gasteiger partial charge in [0.2, 0.25) is 0 Å². The smallest absolute Gasteiger partial charge is 0.132 e. The molecule has 1 aromatic heterocycles. The molecule has 6 nitrogen and oxygen atoms in total. The molecule has 140 valence electrons. The maximum Gasteiger partial charge on any atom is 0.132 e. The van der Waals surface area contributed by atoms with E-state index in [0.717, 1.165) is 51.6 Å². The maximum atomic E-state index is 5.87. The highest BCUT2D eigenvalue weighted by molar-refractivity contribution is 5.40. The number of aromatic nitrogens is 2. The van der Waals surface area contributed by atoms with Crippen molar-refractivity contribution in [3.8, 4) is 0 Å². The van der Waals surface area contributed by atoms with Crippen molar-refractivity contribution in [3.63, 3.8) is 0 Å². The molecule has 0 unspecified atom stereocenters. The minimum absolute atomic E-state index is 0.337. The number of ether oxygens (including phenoxy) is 1. The summed E-state index contributed by atoms with van der Waals surface area (Å²) in [6.07, 6.45) is 6.81. The van der Waals surface area contributed by atoms with Crippen LogP contribution in [0.25, 0.3) is 0 Å². The Morgan fingerprint density at radius 2 is 1.96 bits per heavy atom. The molecule has 0 aromatic carbocycles. The van der Waals surface area contributed by atoms with Crippen molar-refractivity contribution in [1.29, 1.82) is 0 Å². The first kappa shape index (κ1) is 18.5. The van der Waals surface area contributed by atoms with Gasteiger partial charge in [-0.15, -0.1) is 0 Å². The summed E-state index contributed by atoms with van der Waals surface area (Å²) < 4.78 is 5.87. The Morgan fingerprint density at radius 1 is 1.16 bits per heavy atom. The van der Waals surface area contributed by atoms with Gasteiger partial charge in [-0.05, 0) is 59.9 Å². The monoisotopic (exact) mass is 347 g/mol. The summed E-state index contributed by atoms with van der Waals surface area (Å²) in [6.45, 7) is 6.13. The van der Waals surface area contributed by atoms with Crippen LogP contribution < -0.4 is 4.90 Å². The van der Waals surface area contributed by atoms with E-state index < -0.39 is 0 Å². The van der Waals surface area contributed by atoms with Gasteiger partial charge in [-0.2, -0.15) is 0 Å². The fraction of sp³-hybridized carbons (Fsp3) is 0.789. The summed E-state index contributed by atoms with van der Waals surface area (Å²) >= 11 is 0. The Kier molecular flexibility index (Phi) is 6.62. The van der Waals surface area contributed by atoms with Gasteiger partial charge < -0.3 is 19.4 Å². The van der Waals surface area contributed by atoms with Crippen LogP contribution >= 0.6 is 0 Å². The largest absolute Gasteiger partial charge is 0.376 e. The number of likely N-dealkylation sites (N-methyl/N-ethyl adjacent to an activating group) is 1. The molecule has 0 N–H and O–H groups in total. The zero-order valence-electron chi connectivity index (χ0n) is 16.0. The minimum Gasteiger partial charge on any atom is -0.376 e. The second kappa shape index (κ2) is 8.92.